The molecule has 0 saturated carbocycles. The Morgan fingerprint density at radius 1 is 1.17 bits per heavy atom. The topological polar surface area (TPSA) is 15.3 Å². The zero-order valence-corrected chi connectivity index (χ0v) is 12.6. The van der Waals surface area contributed by atoms with Crippen LogP contribution in [-0.2, 0) is 5.54 Å². The Balaban J connectivity index is 2.54. The quantitative estimate of drug-likeness (QED) is 0.754. The lowest BCUT2D eigenvalue weighted by Crippen LogP contribution is -2.53. The summed E-state index contributed by atoms with van der Waals surface area (Å²) in [6.45, 7) is 12.4. The summed E-state index contributed by atoms with van der Waals surface area (Å²) in [5, 5.41) is 3.80. The third kappa shape index (κ3) is 2.54. The molecule has 0 amide bonds. The van der Waals surface area contributed by atoms with Crippen LogP contribution in [-0.4, -0.2) is 19.1 Å². The van der Waals surface area contributed by atoms with Crippen LogP contribution in [0.4, 0.5) is 5.69 Å². The summed E-state index contributed by atoms with van der Waals surface area (Å²) in [6.07, 6.45) is 1.15. The van der Waals surface area contributed by atoms with Gasteiger partial charge in [-0.05, 0) is 58.2 Å². The molecule has 1 heterocycles. The number of aryl methyl sites for hydroxylation is 1. The first-order chi connectivity index (χ1) is 8.21. The molecule has 2 rings (SSSR count). The van der Waals surface area contributed by atoms with E-state index in [2.05, 4.69) is 70.1 Å². The van der Waals surface area contributed by atoms with Crippen molar-refractivity contribution < 1.29 is 0 Å². The minimum atomic E-state index is 0.00120. The van der Waals surface area contributed by atoms with Gasteiger partial charge in [-0.3, -0.25) is 0 Å². The van der Waals surface area contributed by atoms with E-state index in [-0.39, 0.29) is 11.1 Å². The standard InChI is InChI=1S/C16H26N2/c1-12-7-8-13-14(11-12)18(6)10-9-15(2,3)17-16(13,4)5/h7-8,11,17H,9-10H2,1-6H3. The summed E-state index contributed by atoms with van der Waals surface area (Å²) >= 11 is 0. The average Bonchev–Trinajstić information content (AvgIpc) is 2.23. The van der Waals surface area contributed by atoms with Gasteiger partial charge in [-0.1, -0.05) is 12.1 Å². The SMILES string of the molecule is Cc1ccc2c(c1)N(C)CCC(C)(C)NC2(C)C. The van der Waals surface area contributed by atoms with Crippen LogP contribution in [0.25, 0.3) is 0 Å². The molecule has 100 valence electrons. The number of rotatable bonds is 0. The van der Waals surface area contributed by atoms with Crippen LogP contribution in [0, 0.1) is 6.92 Å². The van der Waals surface area contributed by atoms with Gasteiger partial charge in [-0.25, -0.2) is 0 Å². The highest BCUT2D eigenvalue weighted by Gasteiger charge is 2.33. The van der Waals surface area contributed by atoms with Gasteiger partial charge >= 0.3 is 0 Å². The average molecular weight is 246 g/mol. The number of nitrogens with zero attached hydrogens (tertiary/aromatic N) is 1. The normalized spacial score (nSPS) is 22.0. The maximum absolute atomic E-state index is 3.80. The Kier molecular flexibility index (Phi) is 3.18. The largest absolute Gasteiger partial charge is 0.374 e. The molecule has 1 aromatic carbocycles. The van der Waals surface area contributed by atoms with Crippen LogP contribution >= 0.6 is 0 Å². The van der Waals surface area contributed by atoms with Crippen molar-refractivity contribution in [1.82, 2.24) is 5.32 Å². The Morgan fingerprint density at radius 3 is 2.50 bits per heavy atom. The molecule has 0 aromatic heterocycles. The van der Waals surface area contributed by atoms with Crippen molar-refractivity contribution in [1.29, 1.82) is 0 Å². The van der Waals surface area contributed by atoms with E-state index in [0.717, 1.165) is 13.0 Å². The fourth-order valence-electron chi connectivity index (χ4n) is 3.03. The van der Waals surface area contributed by atoms with Crippen molar-refractivity contribution in [2.24, 2.45) is 0 Å². The molecular formula is C16H26N2. The van der Waals surface area contributed by atoms with Crippen molar-refractivity contribution in [3.63, 3.8) is 0 Å². The lowest BCUT2D eigenvalue weighted by molar-refractivity contribution is 0.251. The van der Waals surface area contributed by atoms with E-state index in [1.807, 2.05) is 0 Å². The third-order valence-electron chi connectivity index (χ3n) is 3.96. The summed E-state index contributed by atoms with van der Waals surface area (Å²) in [5.74, 6) is 0. The van der Waals surface area contributed by atoms with Gasteiger partial charge in [0.15, 0.2) is 0 Å². The van der Waals surface area contributed by atoms with Gasteiger partial charge in [0, 0.05) is 30.4 Å². The van der Waals surface area contributed by atoms with Crippen molar-refractivity contribution in [2.45, 2.75) is 52.1 Å². The van der Waals surface area contributed by atoms with Crippen LogP contribution in [0.1, 0.15) is 45.2 Å². The van der Waals surface area contributed by atoms with Crippen molar-refractivity contribution in [3.8, 4) is 0 Å². The van der Waals surface area contributed by atoms with Gasteiger partial charge in [0.1, 0.15) is 0 Å². The van der Waals surface area contributed by atoms with Gasteiger partial charge in [0.05, 0.1) is 0 Å². The smallest absolute Gasteiger partial charge is 0.0417 e. The minimum absolute atomic E-state index is 0.00120. The van der Waals surface area contributed by atoms with Gasteiger partial charge in [-0.15, -0.1) is 0 Å². The molecule has 0 radical (unpaired) electrons. The van der Waals surface area contributed by atoms with E-state index in [0.29, 0.717) is 0 Å². The highest BCUT2D eigenvalue weighted by molar-refractivity contribution is 5.58. The Morgan fingerprint density at radius 2 is 1.83 bits per heavy atom. The minimum Gasteiger partial charge on any atom is -0.374 e. The van der Waals surface area contributed by atoms with Crippen molar-refractivity contribution >= 4 is 5.69 Å². The van der Waals surface area contributed by atoms with Crippen LogP contribution in [0.15, 0.2) is 18.2 Å². The molecule has 0 fully saturated rings. The van der Waals surface area contributed by atoms with Gasteiger partial charge in [0.25, 0.3) is 0 Å². The fourth-order valence-corrected chi connectivity index (χ4v) is 3.03. The van der Waals surface area contributed by atoms with E-state index in [4.69, 9.17) is 0 Å². The monoisotopic (exact) mass is 246 g/mol. The molecule has 0 saturated heterocycles. The second-order valence-electron chi connectivity index (χ2n) is 6.83. The molecule has 18 heavy (non-hydrogen) atoms. The lowest BCUT2D eigenvalue weighted by Gasteiger charge is -2.43. The van der Waals surface area contributed by atoms with Crippen molar-refractivity contribution in [2.75, 3.05) is 18.5 Å². The van der Waals surface area contributed by atoms with Crippen LogP contribution < -0.4 is 10.2 Å². The molecule has 0 unspecified atom stereocenters. The molecule has 0 bridgehead atoms. The summed E-state index contributed by atoms with van der Waals surface area (Å²) in [5.41, 5.74) is 4.25. The maximum atomic E-state index is 3.80. The highest BCUT2D eigenvalue weighted by atomic mass is 15.1. The van der Waals surface area contributed by atoms with Crippen LogP contribution in [0.2, 0.25) is 0 Å². The lowest BCUT2D eigenvalue weighted by atomic mass is 9.85. The van der Waals surface area contributed by atoms with E-state index in [1.165, 1.54) is 16.8 Å². The summed E-state index contributed by atoms with van der Waals surface area (Å²) in [7, 11) is 2.20. The molecule has 0 aliphatic carbocycles. The molecule has 2 heteroatoms. The number of hydrogen-bond acceptors (Lipinski definition) is 2. The second-order valence-corrected chi connectivity index (χ2v) is 6.83. The fraction of sp³-hybridized carbons (Fsp3) is 0.625. The number of benzene rings is 1. The maximum Gasteiger partial charge on any atom is 0.0417 e. The van der Waals surface area contributed by atoms with Gasteiger partial charge in [-0.2, -0.15) is 0 Å². The molecule has 1 aliphatic rings. The zero-order valence-electron chi connectivity index (χ0n) is 12.6. The third-order valence-corrected chi connectivity index (χ3v) is 3.96. The molecule has 2 nitrogen and oxygen atoms in total. The Labute approximate surface area is 111 Å². The van der Waals surface area contributed by atoms with Crippen molar-refractivity contribution in [3.05, 3.63) is 29.3 Å². The first-order valence-electron chi connectivity index (χ1n) is 6.83. The van der Waals surface area contributed by atoms with Gasteiger partial charge in [0.2, 0.25) is 0 Å². The summed E-state index contributed by atoms with van der Waals surface area (Å²) in [4.78, 5) is 2.40. The molecule has 1 N–H and O–H groups in total. The summed E-state index contributed by atoms with van der Waals surface area (Å²) < 4.78 is 0. The number of hydrogen-bond donors (Lipinski definition) is 1. The Bertz CT molecular complexity index is 446. The van der Waals surface area contributed by atoms with E-state index < -0.39 is 0 Å². The van der Waals surface area contributed by atoms with E-state index in [9.17, 15) is 0 Å². The first-order valence-corrected chi connectivity index (χ1v) is 6.83. The van der Waals surface area contributed by atoms with E-state index in [1.54, 1.807) is 0 Å². The zero-order chi connectivity index (χ0) is 13.6. The van der Waals surface area contributed by atoms with Crippen LogP contribution in [0.3, 0.4) is 0 Å². The van der Waals surface area contributed by atoms with Crippen LogP contribution in [0.5, 0.6) is 0 Å². The summed E-state index contributed by atoms with van der Waals surface area (Å²) in [6, 6.07) is 6.79. The molecular weight excluding hydrogens is 220 g/mol. The molecule has 1 aromatic rings. The Hall–Kier alpha value is -1.02. The molecule has 0 atom stereocenters. The number of fused-ring (bicyclic) bond motifs is 1. The molecule has 1 aliphatic heterocycles. The predicted octanol–water partition coefficient (Wildman–Crippen LogP) is 3.44. The number of anilines is 1. The second kappa shape index (κ2) is 4.27. The first kappa shape index (κ1) is 13.4. The predicted molar refractivity (Wildman–Crippen MR) is 79.3 cm³/mol. The van der Waals surface area contributed by atoms with E-state index >= 15 is 0 Å². The highest BCUT2D eigenvalue weighted by Crippen LogP contribution is 2.35. The van der Waals surface area contributed by atoms with Gasteiger partial charge < -0.3 is 10.2 Å². The molecule has 0 spiro atoms. The number of nitrogens with one attached hydrogen (secondary N) is 1.